The number of nitrogens with one attached hydrogen (secondary N) is 1. The van der Waals surface area contributed by atoms with Gasteiger partial charge in [0, 0.05) is 31.4 Å². The number of hydrogen-bond acceptors (Lipinski definition) is 5. The van der Waals surface area contributed by atoms with Crippen LogP contribution >= 0.6 is 0 Å². The van der Waals surface area contributed by atoms with E-state index in [1.54, 1.807) is 12.4 Å². The number of rotatable bonds is 4. The van der Waals surface area contributed by atoms with Crippen LogP contribution in [0.1, 0.15) is 44.6 Å². The summed E-state index contributed by atoms with van der Waals surface area (Å²) in [6.45, 7) is 4.78. The molecule has 0 unspecified atom stereocenters. The molecule has 0 bridgehead atoms. The maximum absolute atomic E-state index is 12.6. The SMILES string of the molecule is C[C@]12CCC[C@]3(CO3)[C@@H]1C[C@@H]1[C@@H](C2)OC(=O)[C@@H]1CNCc1ccncc1. The lowest BCUT2D eigenvalue weighted by Gasteiger charge is -2.51. The Morgan fingerprint density at radius 3 is 2.88 bits per heavy atom. The lowest BCUT2D eigenvalue weighted by Crippen LogP contribution is -2.51. The fraction of sp³-hybridized carbons (Fsp3) is 0.714. The maximum atomic E-state index is 12.6. The van der Waals surface area contributed by atoms with Crippen molar-refractivity contribution in [2.24, 2.45) is 23.2 Å². The van der Waals surface area contributed by atoms with Crippen LogP contribution in [0.5, 0.6) is 0 Å². The van der Waals surface area contributed by atoms with Crippen molar-refractivity contribution in [2.75, 3.05) is 13.2 Å². The summed E-state index contributed by atoms with van der Waals surface area (Å²) in [5.41, 5.74) is 1.59. The minimum atomic E-state index is -0.0240. The predicted octanol–water partition coefficient (Wildman–Crippen LogP) is 2.70. The number of carbonyl (C=O) groups is 1. The smallest absolute Gasteiger partial charge is 0.310 e. The summed E-state index contributed by atoms with van der Waals surface area (Å²) in [5, 5.41) is 3.47. The summed E-state index contributed by atoms with van der Waals surface area (Å²) < 4.78 is 11.8. The van der Waals surface area contributed by atoms with E-state index in [0.717, 1.165) is 26.0 Å². The molecular weight excluding hydrogens is 328 g/mol. The molecule has 5 rings (SSSR count). The average Bonchev–Trinajstić information content (AvgIpc) is 3.33. The van der Waals surface area contributed by atoms with Gasteiger partial charge in [-0.2, -0.15) is 0 Å². The molecule has 3 heterocycles. The largest absolute Gasteiger partial charge is 0.462 e. The maximum Gasteiger partial charge on any atom is 0.310 e. The number of pyridine rings is 1. The first-order valence-corrected chi connectivity index (χ1v) is 10.0. The van der Waals surface area contributed by atoms with Gasteiger partial charge in [0.05, 0.1) is 18.1 Å². The third kappa shape index (κ3) is 2.67. The zero-order chi connectivity index (χ0) is 17.8. The number of aromatic nitrogens is 1. The number of hydrogen-bond donors (Lipinski definition) is 1. The van der Waals surface area contributed by atoms with Crippen molar-refractivity contribution in [1.29, 1.82) is 0 Å². The molecule has 1 aromatic heterocycles. The van der Waals surface area contributed by atoms with Gasteiger partial charge in [-0.25, -0.2) is 0 Å². The Balaban J connectivity index is 1.28. The van der Waals surface area contributed by atoms with E-state index in [-0.39, 0.29) is 29.0 Å². The van der Waals surface area contributed by atoms with Crippen LogP contribution in [0.4, 0.5) is 0 Å². The highest BCUT2D eigenvalue weighted by molar-refractivity contribution is 5.75. The number of epoxide rings is 1. The zero-order valence-corrected chi connectivity index (χ0v) is 15.4. The predicted molar refractivity (Wildman–Crippen MR) is 96.2 cm³/mol. The second-order valence-corrected chi connectivity index (χ2v) is 9.09. The van der Waals surface area contributed by atoms with Gasteiger partial charge in [-0.15, -0.1) is 0 Å². The van der Waals surface area contributed by atoms with E-state index in [0.29, 0.717) is 18.4 Å². The molecule has 2 aliphatic carbocycles. The van der Waals surface area contributed by atoms with Gasteiger partial charge in [0.15, 0.2) is 0 Å². The summed E-state index contributed by atoms with van der Waals surface area (Å²) in [4.78, 5) is 16.6. The molecule has 5 nitrogen and oxygen atoms in total. The average molecular weight is 356 g/mol. The molecule has 2 saturated heterocycles. The quantitative estimate of drug-likeness (QED) is 0.664. The topological polar surface area (TPSA) is 63.8 Å². The summed E-state index contributed by atoms with van der Waals surface area (Å²) in [5.74, 6) is 0.895. The highest BCUT2D eigenvalue weighted by atomic mass is 16.6. The highest BCUT2D eigenvalue weighted by Gasteiger charge is 2.64. The third-order valence-electron chi connectivity index (χ3n) is 7.52. The third-order valence-corrected chi connectivity index (χ3v) is 7.52. The first-order valence-electron chi connectivity index (χ1n) is 10.0. The molecule has 4 aliphatic rings. The Bertz CT molecular complexity index is 690. The summed E-state index contributed by atoms with van der Waals surface area (Å²) in [6.07, 6.45) is 9.49. The summed E-state index contributed by atoms with van der Waals surface area (Å²) in [7, 11) is 0. The lowest BCUT2D eigenvalue weighted by molar-refractivity contribution is -0.147. The van der Waals surface area contributed by atoms with Gasteiger partial charge in [-0.05, 0) is 61.1 Å². The molecular formula is C21H28N2O3. The number of carbonyl (C=O) groups excluding carboxylic acids is 1. The number of ether oxygens (including phenoxy) is 2. The van der Waals surface area contributed by atoms with Crippen molar-refractivity contribution in [3.63, 3.8) is 0 Å². The van der Waals surface area contributed by atoms with E-state index in [1.165, 1.54) is 24.8 Å². The van der Waals surface area contributed by atoms with E-state index in [4.69, 9.17) is 9.47 Å². The van der Waals surface area contributed by atoms with Crippen LogP contribution in [0.15, 0.2) is 24.5 Å². The molecule has 26 heavy (non-hydrogen) atoms. The molecule has 140 valence electrons. The van der Waals surface area contributed by atoms with Crippen molar-refractivity contribution >= 4 is 5.97 Å². The number of fused-ring (bicyclic) bond motifs is 3. The summed E-state index contributed by atoms with van der Waals surface area (Å²) >= 11 is 0. The van der Waals surface area contributed by atoms with Gasteiger partial charge in [0.25, 0.3) is 0 Å². The van der Waals surface area contributed by atoms with Crippen molar-refractivity contribution in [3.05, 3.63) is 30.1 Å². The highest BCUT2D eigenvalue weighted by Crippen LogP contribution is 2.62. The zero-order valence-electron chi connectivity index (χ0n) is 15.4. The molecule has 0 amide bonds. The van der Waals surface area contributed by atoms with Crippen LogP contribution in [0.3, 0.4) is 0 Å². The van der Waals surface area contributed by atoms with Crippen LogP contribution < -0.4 is 5.32 Å². The molecule has 6 atom stereocenters. The molecule has 4 fully saturated rings. The van der Waals surface area contributed by atoms with Crippen molar-refractivity contribution in [1.82, 2.24) is 10.3 Å². The van der Waals surface area contributed by atoms with Gasteiger partial charge in [0.2, 0.25) is 0 Å². The van der Waals surface area contributed by atoms with E-state index < -0.39 is 0 Å². The van der Waals surface area contributed by atoms with Gasteiger partial charge in [-0.1, -0.05) is 6.92 Å². The van der Waals surface area contributed by atoms with E-state index in [2.05, 4.69) is 17.2 Å². The fourth-order valence-corrected chi connectivity index (χ4v) is 6.06. The van der Waals surface area contributed by atoms with E-state index in [1.807, 2.05) is 12.1 Å². The first-order chi connectivity index (χ1) is 12.6. The first kappa shape index (κ1) is 16.7. The van der Waals surface area contributed by atoms with Crippen LogP contribution in [-0.2, 0) is 20.8 Å². The van der Waals surface area contributed by atoms with Crippen molar-refractivity contribution in [2.45, 2.75) is 57.3 Å². The molecule has 1 N–H and O–H groups in total. The molecule has 2 aliphatic heterocycles. The monoisotopic (exact) mass is 356 g/mol. The Labute approximate surface area is 154 Å². The normalized spacial score (nSPS) is 43.7. The standard InChI is InChI=1S/C21H28N2O3/c1-20-5-2-6-21(13-25-21)18(20)9-15-16(19(24)26-17(15)10-20)12-23-11-14-3-7-22-8-4-14/h3-4,7-8,15-18,23H,2,5-6,9-13H2,1H3/t15-,16+,17+,18+,20+,21-/m0/s1. The Hall–Kier alpha value is -1.46. The Kier molecular flexibility index (Phi) is 3.87. The molecule has 1 aromatic rings. The number of nitrogens with zero attached hydrogens (tertiary/aromatic N) is 1. The van der Waals surface area contributed by atoms with E-state index >= 15 is 0 Å². The van der Waals surface area contributed by atoms with Gasteiger partial charge in [0.1, 0.15) is 6.10 Å². The van der Waals surface area contributed by atoms with Crippen LogP contribution in [0.25, 0.3) is 0 Å². The molecule has 0 aromatic carbocycles. The van der Waals surface area contributed by atoms with Crippen LogP contribution in [0, 0.1) is 23.2 Å². The summed E-state index contributed by atoms with van der Waals surface area (Å²) in [6, 6.07) is 4.01. The molecule has 2 saturated carbocycles. The van der Waals surface area contributed by atoms with E-state index in [9.17, 15) is 4.79 Å². The minimum absolute atomic E-state index is 0.00441. The second kappa shape index (κ2) is 6.03. The second-order valence-electron chi connectivity index (χ2n) is 9.09. The van der Waals surface area contributed by atoms with Gasteiger partial charge < -0.3 is 14.8 Å². The van der Waals surface area contributed by atoms with Crippen LogP contribution in [-0.4, -0.2) is 35.8 Å². The van der Waals surface area contributed by atoms with Gasteiger partial charge >= 0.3 is 5.97 Å². The molecule has 0 radical (unpaired) electrons. The number of esters is 1. The van der Waals surface area contributed by atoms with Crippen molar-refractivity contribution in [3.8, 4) is 0 Å². The van der Waals surface area contributed by atoms with Gasteiger partial charge in [-0.3, -0.25) is 9.78 Å². The Morgan fingerprint density at radius 2 is 2.12 bits per heavy atom. The lowest BCUT2D eigenvalue weighted by atomic mass is 9.53. The minimum Gasteiger partial charge on any atom is -0.462 e. The van der Waals surface area contributed by atoms with Crippen molar-refractivity contribution < 1.29 is 14.3 Å². The molecule has 1 spiro atoms. The molecule has 5 heteroatoms. The Morgan fingerprint density at radius 1 is 1.31 bits per heavy atom. The fourth-order valence-electron chi connectivity index (χ4n) is 6.06. The van der Waals surface area contributed by atoms with Crippen LogP contribution in [0.2, 0.25) is 0 Å².